The molecule has 2 N–H and O–H groups in total. The predicted octanol–water partition coefficient (Wildman–Crippen LogP) is 3.76. The largest absolute Gasteiger partial charge is 0.399 e. The van der Waals surface area contributed by atoms with Crippen LogP contribution in [0.1, 0.15) is 28.9 Å². The molecule has 2 aromatic rings. The van der Waals surface area contributed by atoms with Gasteiger partial charge in [0.25, 0.3) is 5.91 Å². The van der Waals surface area contributed by atoms with Gasteiger partial charge in [-0.05, 0) is 48.9 Å². The number of hydrogen-bond acceptors (Lipinski definition) is 2. The van der Waals surface area contributed by atoms with E-state index >= 15 is 0 Å². The lowest BCUT2D eigenvalue weighted by Crippen LogP contribution is -2.29. The molecule has 1 atom stereocenters. The lowest BCUT2D eigenvalue weighted by molar-refractivity contribution is 0.0742. The summed E-state index contributed by atoms with van der Waals surface area (Å²) < 4.78 is 0. The van der Waals surface area contributed by atoms with Gasteiger partial charge in [-0.2, -0.15) is 0 Å². The molecular formula is C16H17ClN2O. The average Bonchev–Trinajstić information content (AvgIpc) is 2.46. The number of nitrogens with zero attached hydrogens (tertiary/aromatic N) is 1. The molecule has 0 fully saturated rings. The maximum absolute atomic E-state index is 12.4. The molecule has 0 spiro atoms. The van der Waals surface area contributed by atoms with Crippen LogP contribution >= 0.6 is 11.6 Å². The van der Waals surface area contributed by atoms with Gasteiger partial charge in [0, 0.05) is 23.3 Å². The van der Waals surface area contributed by atoms with Crippen LogP contribution in [0, 0.1) is 0 Å². The second-order valence-electron chi connectivity index (χ2n) is 4.77. The Bertz CT molecular complexity index is 610. The molecule has 0 bridgehead atoms. The number of halogens is 1. The van der Waals surface area contributed by atoms with E-state index in [-0.39, 0.29) is 11.9 Å². The van der Waals surface area contributed by atoms with E-state index in [1.165, 1.54) is 0 Å². The van der Waals surface area contributed by atoms with E-state index in [4.69, 9.17) is 17.3 Å². The van der Waals surface area contributed by atoms with Crippen molar-refractivity contribution in [2.75, 3.05) is 12.8 Å². The van der Waals surface area contributed by atoms with Gasteiger partial charge in [-0.1, -0.05) is 23.7 Å². The molecule has 2 rings (SSSR count). The van der Waals surface area contributed by atoms with Crippen molar-refractivity contribution in [2.45, 2.75) is 13.0 Å². The van der Waals surface area contributed by atoms with E-state index in [9.17, 15) is 4.79 Å². The fraction of sp³-hybridized carbons (Fsp3) is 0.188. The minimum Gasteiger partial charge on any atom is -0.399 e. The first-order valence-electron chi connectivity index (χ1n) is 6.37. The number of carbonyl (C=O) groups excluding carboxylic acids is 1. The minimum atomic E-state index is -0.0567. The molecule has 0 radical (unpaired) electrons. The van der Waals surface area contributed by atoms with Crippen molar-refractivity contribution >= 4 is 23.2 Å². The van der Waals surface area contributed by atoms with Crippen molar-refractivity contribution in [3.05, 3.63) is 64.7 Å². The van der Waals surface area contributed by atoms with Gasteiger partial charge in [0.15, 0.2) is 0 Å². The number of benzene rings is 2. The Hall–Kier alpha value is -2.00. The van der Waals surface area contributed by atoms with E-state index in [1.807, 2.05) is 31.2 Å². The molecule has 0 aromatic heterocycles. The van der Waals surface area contributed by atoms with Gasteiger partial charge in [0.1, 0.15) is 0 Å². The Kier molecular flexibility index (Phi) is 4.30. The predicted molar refractivity (Wildman–Crippen MR) is 82.8 cm³/mol. The standard InChI is InChI=1S/C16H17ClN2O/c1-11(13-4-3-5-14(17)10-13)19(2)16(20)12-6-8-15(18)9-7-12/h3-11H,18H2,1-2H3. The van der Waals surface area contributed by atoms with Crippen LogP contribution in [-0.4, -0.2) is 17.9 Å². The van der Waals surface area contributed by atoms with Gasteiger partial charge >= 0.3 is 0 Å². The molecule has 104 valence electrons. The van der Waals surface area contributed by atoms with E-state index < -0.39 is 0 Å². The van der Waals surface area contributed by atoms with Gasteiger partial charge in [-0.15, -0.1) is 0 Å². The Labute approximate surface area is 124 Å². The second-order valence-corrected chi connectivity index (χ2v) is 5.21. The summed E-state index contributed by atoms with van der Waals surface area (Å²) in [6, 6.07) is 14.4. The first-order chi connectivity index (χ1) is 9.49. The van der Waals surface area contributed by atoms with Crippen molar-refractivity contribution in [2.24, 2.45) is 0 Å². The van der Waals surface area contributed by atoms with E-state index in [0.29, 0.717) is 16.3 Å². The van der Waals surface area contributed by atoms with Gasteiger partial charge in [-0.3, -0.25) is 4.79 Å². The Morgan fingerprint density at radius 2 is 1.85 bits per heavy atom. The van der Waals surface area contributed by atoms with Crippen LogP contribution in [0.2, 0.25) is 5.02 Å². The monoisotopic (exact) mass is 288 g/mol. The van der Waals surface area contributed by atoms with Crippen molar-refractivity contribution in [1.29, 1.82) is 0 Å². The molecule has 2 aromatic carbocycles. The molecule has 0 heterocycles. The third kappa shape index (κ3) is 3.11. The molecule has 0 aliphatic rings. The first-order valence-corrected chi connectivity index (χ1v) is 6.75. The molecule has 1 unspecified atom stereocenters. The third-order valence-electron chi connectivity index (χ3n) is 3.39. The van der Waals surface area contributed by atoms with Crippen LogP contribution in [0.25, 0.3) is 0 Å². The maximum Gasteiger partial charge on any atom is 0.254 e. The van der Waals surface area contributed by atoms with Crippen molar-refractivity contribution < 1.29 is 4.79 Å². The molecule has 0 saturated heterocycles. The van der Waals surface area contributed by atoms with Crippen molar-refractivity contribution in [1.82, 2.24) is 4.90 Å². The number of amides is 1. The maximum atomic E-state index is 12.4. The lowest BCUT2D eigenvalue weighted by Gasteiger charge is -2.25. The highest BCUT2D eigenvalue weighted by Gasteiger charge is 2.18. The Balaban J connectivity index is 2.20. The smallest absolute Gasteiger partial charge is 0.254 e. The number of nitrogen functional groups attached to an aromatic ring is 1. The number of nitrogens with two attached hydrogens (primary N) is 1. The molecule has 3 nitrogen and oxygen atoms in total. The van der Waals surface area contributed by atoms with Crippen LogP contribution in [-0.2, 0) is 0 Å². The zero-order valence-corrected chi connectivity index (χ0v) is 12.3. The molecular weight excluding hydrogens is 272 g/mol. The molecule has 1 amide bonds. The number of anilines is 1. The number of carbonyl (C=O) groups is 1. The number of hydrogen-bond donors (Lipinski definition) is 1. The Morgan fingerprint density at radius 1 is 1.20 bits per heavy atom. The van der Waals surface area contributed by atoms with Crippen LogP contribution < -0.4 is 5.73 Å². The molecule has 0 aliphatic heterocycles. The summed E-state index contributed by atoms with van der Waals surface area (Å²) in [5, 5.41) is 0.669. The van der Waals surface area contributed by atoms with E-state index in [0.717, 1.165) is 5.56 Å². The highest BCUT2D eigenvalue weighted by Crippen LogP contribution is 2.23. The van der Waals surface area contributed by atoms with Crippen LogP contribution in [0.3, 0.4) is 0 Å². The summed E-state index contributed by atoms with van der Waals surface area (Å²) >= 11 is 5.99. The van der Waals surface area contributed by atoms with Crippen molar-refractivity contribution in [3.8, 4) is 0 Å². The SMILES string of the molecule is CC(c1cccc(Cl)c1)N(C)C(=O)c1ccc(N)cc1. The quantitative estimate of drug-likeness (QED) is 0.874. The molecule has 0 saturated carbocycles. The Morgan fingerprint density at radius 3 is 2.45 bits per heavy atom. The zero-order chi connectivity index (χ0) is 14.7. The summed E-state index contributed by atoms with van der Waals surface area (Å²) in [7, 11) is 1.78. The lowest BCUT2D eigenvalue weighted by atomic mass is 10.1. The summed E-state index contributed by atoms with van der Waals surface area (Å²) in [5.41, 5.74) is 7.90. The zero-order valence-electron chi connectivity index (χ0n) is 11.5. The van der Waals surface area contributed by atoms with Crippen LogP contribution in [0.15, 0.2) is 48.5 Å². The fourth-order valence-electron chi connectivity index (χ4n) is 2.00. The van der Waals surface area contributed by atoms with Crippen molar-refractivity contribution in [3.63, 3.8) is 0 Å². The van der Waals surface area contributed by atoms with Gasteiger partial charge in [0.2, 0.25) is 0 Å². The summed E-state index contributed by atoms with van der Waals surface area (Å²) in [5.74, 6) is -0.0440. The van der Waals surface area contributed by atoms with Crippen LogP contribution in [0.4, 0.5) is 5.69 Å². The first kappa shape index (κ1) is 14.4. The normalized spacial score (nSPS) is 11.9. The topological polar surface area (TPSA) is 46.3 Å². The van der Waals surface area contributed by atoms with E-state index in [2.05, 4.69) is 0 Å². The molecule has 4 heteroatoms. The minimum absolute atomic E-state index is 0.0440. The van der Waals surface area contributed by atoms with E-state index in [1.54, 1.807) is 36.2 Å². The highest BCUT2D eigenvalue weighted by molar-refractivity contribution is 6.30. The molecule has 0 aliphatic carbocycles. The molecule has 20 heavy (non-hydrogen) atoms. The summed E-state index contributed by atoms with van der Waals surface area (Å²) in [6.45, 7) is 1.97. The van der Waals surface area contributed by atoms with Crippen LogP contribution in [0.5, 0.6) is 0 Å². The van der Waals surface area contributed by atoms with Gasteiger partial charge in [-0.25, -0.2) is 0 Å². The van der Waals surface area contributed by atoms with Gasteiger partial charge in [0.05, 0.1) is 6.04 Å². The second kappa shape index (κ2) is 5.97. The average molecular weight is 289 g/mol. The summed E-state index contributed by atoms with van der Waals surface area (Å²) in [6.07, 6.45) is 0. The highest BCUT2D eigenvalue weighted by atomic mass is 35.5. The fourth-order valence-corrected chi connectivity index (χ4v) is 2.19. The third-order valence-corrected chi connectivity index (χ3v) is 3.63. The van der Waals surface area contributed by atoms with Gasteiger partial charge < -0.3 is 10.6 Å². The number of rotatable bonds is 3. The summed E-state index contributed by atoms with van der Waals surface area (Å²) in [4.78, 5) is 14.1.